The summed E-state index contributed by atoms with van der Waals surface area (Å²) in [6.07, 6.45) is 3.20. The SMILES string of the molecule is Cn1ncc(Cl)c1C(=O)N1C[C@@H]2CC[C@H](C1)N(Cc1cscn1)C2=O. The molecule has 3 saturated heterocycles. The van der Waals surface area contributed by atoms with Gasteiger partial charge in [-0.15, -0.1) is 11.3 Å². The van der Waals surface area contributed by atoms with Crippen LogP contribution in [0.25, 0.3) is 0 Å². The van der Waals surface area contributed by atoms with Gasteiger partial charge in [0.15, 0.2) is 0 Å². The second kappa shape index (κ2) is 6.42. The molecule has 9 heteroatoms. The van der Waals surface area contributed by atoms with E-state index in [9.17, 15) is 9.59 Å². The lowest BCUT2D eigenvalue weighted by Crippen LogP contribution is -2.47. The molecule has 0 saturated carbocycles. The van der Waals surface area contributed by atoms with Gasteiger partial charge in [-0.2, -0.15) is 5.10 Å². The Balaban J connectivity index is 1.58. The molecule has 2 atom stereocenters. The Morgan fingerprint density at radius 2 is 2.24 bits per heavy atom. The number of piperidine rings is 1. The molecule has 0 radical (unpaired) electrons. The standard InChI is InChI=1S/C16H18ClN5O2S/c1-20-14(13(17)4-19-20)16(24)21-5-10-2-3-12(7-21)22(15(10)23)6-11-8-25-9-18-11/h4,8-10,12H,2-3,5-7H2,1H3/t10-,12+/m0/s1. The molecule has 5 rings (SSSR count). The molecule has 0 unspecified atom stereocenters. The van der Waals surface area contributed by atoms with Gasteiger partial charge < -0.3 is 9.80 Å². The molecule has 132 valence electrons. The van der Waals surface area contributed by atoms with Gasteiger partial charge in [0.05, 0.1) is 34.9 Å². The maximum Gasteiger partial charge on any atom is 0.273 e. The third-order valence-electron chi connectivity index (χ3n) is 4.99. The molecule has 2 aromatic heterocycles. The maximum atomic E-state index is 12.9. The van der Waals surface area contributed by atoms with E-state index >= 15 is 0 Å². The zero-order valence-electron chi connectivity index (χ0n) is 13.8. The molecule has 3 aliphatic rings. The van der Waals surface area contributed by atoms with E-state index in [-0.39, 0.29) is 23.8 Å². The first kappa shape index (κ1) is 16.5. The lowest BCUT2D eigenvalue weighted by atomic mass is 9.94. The molecule has 0 N–H and O–H groups in total. The predicted molar refractivity (Wildman–Crippen MR) is 93.3 cm³/mol. The van der Waals surface area contributed by atoms with E-state index < -0.39 is 0 Å². The van der Waals surface area contributed by atoms with Crippen molar-refractivity contribution in [1.29, 1.82) is 0 Å². The number of rotatable bonds is 3. The highest BCUT2D eigenvalue weighted by Gasteiger charge is 2.42. The Labute approximate surface area is 154 Å². The van der Waals surface area contributed by atoms with E-state index in [2.05, 4.69) is 10.1 Å². The minimum atomic E-state index is -0.162. The van der Waals surface area contributed by atoms with Gasteiger partial charge in [-0.3, -0.25) is 14.3 Å². The smallest absolute Gasteiger partial charge is 0.273 e. The van der Waals surface area contributed by atoms with Gasteiger partial charge in [0, 0.05) is 31.6 Å². The predicted octanol–water partition coefficient (Wildman–Crippen LogP) is 1.79. The largest absolute Gasteiger partial charge is 0.334 e. The molecule has 5 heterocycles. The normalized spacial score (nSPS) is 23.2. The van der Waals surface area contributed by atoms with E-state index in [1.807, 2.05) is 10.3 Å². The highest BCUT2D eigenvalue weighted by molar-refractivity contribution is 7.07. The van der Waals surface area contributed by atoms with Crippen molar-refractivity contribution in [1.82, 2.24) is 24.6 Å². The molecule has 2 bridgehead atoms. The summed E-state index contributed by atoms with van der Waals surface area (Å²) in [4.78, 5) is 33.7. The van der Waals surface area contributed by atoms with Gasteiger partial charge in [-0.25, -0.2) is 4.98 Å². The first-order valence-corrected chi connectivity index (χ1v) is 9.51. The molecule has 0 spiro atoms. The number of nitrogens with zero attached hydrogens (tertiary/aromatic N) is 5. The molecule has 3 fully saturated rings. The minimum absolute atomic E-state index is 0.0175. The summed E-state index contributed by atoms with van der Waals surface area (Å²) in [5.41, 5.74) is 3.05. The molecular weight excluding hydrogens is 362 g/mol. The zero-order chi connectivity index (χ0) is 17.6. The first-order valence-electron chi connectivity index (χ1n) is 8.19. The van der Waals surface area contributed by atoms with Crippen LogP contribution in [0.3, 0.4) is 0 Å². The monoisotopic (exact) mass is 379 g/mol. The number of halogens is 1. The van der Waals surface area contributed by atoms with E-state index in [1.165, 1.54) is 22.2 Å². The molecule has 3 aliphatic heterocycles. The molecule has 2 amide bonds. The maximum absolute atomic E-state index is 12.9. The fourth-order valence-corrected chi connectivity index (χ4v) is 4.50. The van der Waals surface area contributed by atoms with Crippen LogP contribution in [-0.4, -0.2) is 55.5 Å². The lowest BCUT2D eigenvalue weighted by molar-refractivity contribution is -0.140. The molecule has 0 aliphatic carbocycles. The minimum Gasteiger partial charge on any atom is -0.334 e. The number of hydrogen-bond acceptors (Lipinski definition) is 5. The number of aromatic nitrogens is 3. The quantitative estimate of drug-likeness (QED) is 0.815. The van der Waals surface area contributed by atoms with Gasteiger partial charge in [-0.05, 0) is 12.8 Å². The van der Waals surface area contributed by atoms with Crippen LogP contribution in [-0.2, 0) is 18.4 Å². The Kier molecular flexibility index (Phi) is 4.24. The number of fused-ring (bicyclic) bond motifs is 4. The van der Waals surface area contributed by atoms with Crippen molar-refractivity contribution in [2.45, 2.75) is 25.4 Å². The van der Waals surface area contributed by atoms with Crippen molar-refractivity contribution < 1.29 is 9.59 Å². The molecular formula is C16H18ClN5O2S. The third-order valence-corrected chi connectivity index (χ3v) is 5.90. The summed E-state index contributed by atoms with van der Waals surface area (Å²) in [6.45, 7) is 1.47. The van der Waals surface area contributed by atoms with Crippen LogP contribution in [0.15, 0.2) is 17.1 Å². The van der Waals surface area contributed by atoms with Crippen LogP contribution in [0.1, 0.15) is 29.0 Å². The van der Waals surface area contributed by atoms with Crippen molar-refractivity contribution in [3.63, 3.8) is 0 Å². The summed E-state index contributed by atoms with van der Waals surface area (Å²) in [7, 11) is 1.70. The first-order chi connectivity index (χ1) is 12.0. The summed E-state index contributed by atoms with van der Waals surface area (Å²) in [5.74, 6) is -0.200. The Hall–Kier alpha value is -1.93. The van der Waals surface area contributed by atoms with Crippen molar-refractivity contribution in [2.24, 2.45) is 13.0 Å². The lowest BCUT2D eigenvalue weighted by Gasteiger charge is -2.35. The fourth-order valence-electron chi connectivity index (χ4n) is 3.71. The van der Waals surface area contributed by atoms with Gasteiger partial charge in [-0.1, -0.05) is 11.6 Å². The van der Waals surface area contributed by atoms with E-state index in [0.29, 0.717) is 30.4 Å². The topological polar surface area (TPSA) is 71.3 Å². The second-order valence-electron chi connectivity index (χ2n) is 6.55. The number of amides is 2. The summed E-state index contributed by atoms with van der Waals surface area (Å²) < 4.78 is 1.49. The molecule has 0 aromatic carbocycles. The summed E-state index contributed by atoms with van der Waals surface area (Å²) in [5, 5.41) is 6.35. The van der Waals surface area contributed by atoms with Gasteiger partial charge in [0.2, 0.25) is 5.91 Å². The van der Waals surface area contributed by atoms with Crippen LogP contribution in [0, 0.1) is 5.92 Å². The highest BCUT2D eigenvalue weighted by Crippen LogP contribution is 2.31. The van der Waals surface area contributed by atoms with Crippen LogP contribution >= 0.6 is 22.9 Å². The number of carbonyl (C=O) groups excluding carboxylic acids is 2. The van der Waals surface area contributed by atoms with Crippen LogP contribution in [0.4, 0.5) is 0 Å². The average Bonchev–Trinajstić information content (AvgIpc) is 3.12. The van der Waals surface area contributed by atoms with Crippen LogP contribution in [0.5, 0.6) is 0 Å². The van der Waals surface area contributed by atoms with Crippen LogP contribution in [0.2, 0.25) is 5.02 Å². The number of carbonyl (C=O) groups is 2. The summed E-state index contributed by atoms with van der Waals surface area (Å²) >= 11 is 7.65. The van der Waals surface area contributed by atoms with Crippen molar-refractivity contribution in [2.75, 3.05) is 13.1 Å². The van der Waals surface area contributed by atoms with Crippen LogP contribution < -0.4 is 0 Å². The second-order valence-corrected chi connectivity index (χ2v) is 7.67. The van der Waals surface area contributed by atoms with E-state index in [0.717, 1.165) is 18.5 Å². The van der Waals surface area contributed by atoms with Crippen molar-refractivity contribution in [3.05, 3.63) is 33.5 Å². The van der Waals surface area contributed by atoms with Gasteiger partial charge in [0.1, 0.15) is 5.69 Å². The van der Waals surface area contributed by atoms with E-state index in [1.54, 1.807) is 17.5 Å². The summed E-state index contributed by atoms with van der Waals surface area (Å²) in [6, 6.07) is 0.0175. The Morgan fingerprint density at radius 1 is 1.40 bits per heavy atom. The zero-order valence-corrected chi connectivity index (χ0v) is 15.3. The van der Waals surface area contributed by atoms with Gasteiger partial charge >= 0.3 is 0 Å². The number of aryl methyl sites for hydroxylation is 1. The number of thiazole rings is 1. The van der Waals surface area contributed by atoms with Gasteiger partial charge in [0.25, 0.3) is 5.91 Å². The highest BCUT2D eigenvalue weighted by atomic mass is 35.5. The van der Waals surface area contributed by atoms with E-state index in [4.69, 9.17) is 11.6 Å². The average molecular weight is 380 g/mol. The fraction of sp³-hybridized carbons (Fsp3) is 0.500. The molecule has 2 aromatic rings. The Morgan fingerprint density at radius 3 is 2.92 bits per heavy atom. The van der Waals surface area contributed by atoms with Crippen molar-refractivity contribution in [3.8, 4) is 0 Å². The third kappa shape index (κ3) is 2.93. The molecule has 25 heavy (non-hydrogen) atoms. The number of hydrogen-bond donors (Lipinski definition) is 0. The molecule has 7 nitrogen and oxygen atoms in total. The Bertz CT molecular complexity index is 786. The van der Waals surface area contributed by atoms with Crippen molar-refractivity contribution >= 4 is 34.8 Å².